The Balaban J connectivity index is 2.02. The fourth-order valence-electron chi connectivity index (χ4n) is 2.81. The average molecular weight is 336 g/mol. The first kappa shape index (κ1) is 18.0. The van der Waals surface area contributed by atoms with Gasteiger partial charge in [-0.15, -0.1) is 0 Å². The lowest BCUT2D eigenvalue weighted by Gasteiger charge is -2.26. The second kappa shape index (κ2) is 7.47. The first-order valence-corrected chi connectivity index (χ1v) is 8.33. The number of aromatic nitrogens is 2. The number of aliphatic hydroxyl groups excluding tert-OH is 1. The van der Waals surface area contributed by atoms with Crippen molar-refractivity contribution >= 4 is 11.6 Å². The molecule has 1 aromatic heterocycles. The average Bonchev–Trinajstić information content (AvgIpc) is 2.75. The maximum atomic E-state index is 9.09. The van der Waals surface area contributed by atoms with Gasteiger partial charge in [-0.2, -0.15) is 5.10 Å². The Hall–Kier alpha value is -1.36. The molecule has 0 aliphatic carbocycles. The molecule has 2 rings (SSSR count). The third kappa shape index (κ3) is 4.34. The molecule has 0 amide bonds. The number of hydrogen-bond donors (Lipinski definition) is 2. The van der Waals surface area contributed by atoms with Gasteiger partial charge in [-0.1, -0.05) is 37.6 Å². The maximum Gasteiger partial charge on any atom is 0.0644 e. The monoisotopic (exact) mass is 335 g/mol. The van der Waals surface area contributed by atoms with Gasteiger partial charge >= 0.3 is 0 Å². The zero-order valence-corrected chi connectivity index (χ0v) is 15.1. The van der Waals surface area contributed by atoms with E-state index in [1.54, 1.807) is 0 Å². The van der Waals surface area contributed by atoms with Crippen molar-refractivity contribution in [3.63, 3.8) is 0 Å². The Morgan fingerprint density at radius 2 is 2.04 bits per heavy atom. The Bertz CT molecular complexity index is 664. The number of rotatable bonds is 7. The van der Waals surface area contributed by atoms with Crippen LogP contribution in [0.2, 0.25) is 5.02 Å². The molecule has 1 heterocycles. The summed E-state index contributed by atoms with van der Waals surface area (Å²) in [6, 6.07) is 8.03. The minimum atomic E-state index is -0.00615. The second-order valence-electron chi connectivity index (χ2n) is 6.59. The molecule has 2 N–H and O–H groups in total. The van der Waals surface area contributed by atoms with Crippen molar-refractivity contribution in [2.75, 3.05) is 13.2 Å². The van der Waals surface area contributed by atoms with Crippen LogP contribution in [0.1, 0.15) is 36.4 Å². The van der Waals surface area contributed by atoms with Crippen molar-refractivity contribution in [2.24, 2.45) is 0 Å². The molecule has 0 bridgehead atoms. The standard InChI is InChI=1S/C18H26ClN3O/c1-13-17(14(2)22(21-13)8-9-23)11-20-12-18(3,4)15-6-5-7-16(19)10-15/h5-7,10,20,23H,8-9,11-12H2,1-4H3. The van der Waals surface area contributed by atoms with Crippen LogP contribution in [0.5, 0.6) is 0 Å². The summed E-state index contributed by atoms with van der Waals surface area (Å²) in [6.45, 7) is 10.7. The molecule has 5 heteroatoms. The van der Waals surface area contributed by atoms with E-state index in [0.717, 1.165) is 29.5 Å². The third-order valence-electron chi connectivity index (χ3n) is 4.32. The minimum absolute atomic E-state index is 0.00615. The number of hydrogen-bond acceptors (Lipinski definition) is 3. The largest absolute Gasteiger partial charge is 0.394 e. The topological polar surface area (TPSA) is 50.1 Å². The molecule has 0 atom stereocenters. The van der Waals surface area contributed by atoms with Crippen LogP contribution in [-0.2, 0) is 18.5 Å². The summed E-state index contributed by atoms with van der Waals surface area (Å²) in [5, 5.41) is 17.9. The van der Waals surface area contributed by atoms with Gasteiger partial charge in [0.2, 0.25) is 0 Å². The SMILES string of the molecule is Cc1nn(CCO)c(C)c1CNCC(C)(C)c1cccc(Cl)c1. The molecular formula is C18H26ClN3O. The Labute approximate surface area is 143 Å². The van der Waals surface area contributed by atoms with Crippen LogP contribution in [0.25, 0.3) is 0 Å². The smallest absolute Gasteiger partial charge is 0.0644 e. The predicted octanol–water partition coefficient (Wildman–Crippen LogP) is 3.21. The first-order valence-electron chi connectivity index (χ1n) is 7.95. The highest BCUT2D eigenvalue weighted by atomic mass is 35.5. The molecule has 4 nitrogen and oxygen atoms in total. The van der Waals surface area contributed by atoms with Crippen molar-refractivity contribution in [3.05, 3.63) is 51.8 Å². The van der Waals surface area contributed by atoms with Gasteiger partial charge in [0.15, 0.2) is 0 Å². The van der Waals surface area contributed by atoms with E-state index >= 15 is 0 Å². The highest BCUT2D eigenvalue weighted by Gasteiger charge is 2.21. The lowest BCUT2D eigenvalue weighted by Crippen LogP contribution is -2.32. The van der Waals surface area contributed by atoms with Gasteiger partial charge in [-0.05, 0) is 31.5 Å². The first-order chi connectivity index (χ1) is 10.8. The van der Waals surface area contributed by atoms with Crippen LogP contribution in [0.4, 0.5) is 0 Å². The van der Waals surface area contributed by atoms with E-state index in [9.17, 15) is 0 Å². The summed E-state index contributed by atoms with van der Waals surface area (Å²) in [5.41, 5.74) is 4.56. The molecule has 0 saturated heterocycles. The summed E-state index contributed by atoms with van der Waals surface area (Å²) in [5.74, 6) is 0. The van der Waals surface area contributed by atoms with E-state index in [0.29, 0.717) is 6.54 Å². The lowest BCUT2D eigenvalue weighted by atomic mass is 9.84. The van der Waals surface area contributed by atoms with E-state index < -0.39 is 0 Å². The summed E-state index contributed by atoms with van der Waals surface area (Å²) in [6.07, 6.45) is 0. The van der Waals surface area contributed by atoms with Gasteiger partial charge in [0.1, 0.15) is 0 Å². The number of nitrogens with zero attached hydrogens (tertiary/aromatic N) is 2. The van der Waals surface area contributed by atoms with E-state index in [1.807, 2.05) is 29.8 Å². The Morgan fingerprint density at radius 1 is 1.30 bits per heavy atom. The van der Waals surface area contributed by atoms with Gasteiger partial charge < -0.3 is 10.4 Å². The van der Waals surface area contributed by atoms with Gasteiger partial charge in [0.05, 0.1) is 18.8 Å². The maximum absolute atomic E-state index is 9.09. The van der Waals surface area contributed by atoms with Crippen LogP contribution in [-0.4, -0.2) is 28.0 Å². The Kier molecular flexibility index (Phi) is 5.84. The third-order valence-corrected chi connectivity index (χ3v) is 4.55. The van der Waals surface area contributed by atoms with Gasteiger partial charge in [-0.25, -0.2) is 0 Å². The number of aryl methyl sites for hydroxylation is 1. The van der Waals surface area contributed by atoms with E-state index in [2.05, 4.69) is 37.3 Å². The molecule has 0 saturated carbocycles. The number of halogens is 1. The molecule has 0 radical (unpaired) electrons. The zero-order valence-electron chi connectivity index (χ0n) is 14.4. The fourth-order valence-corrected chi connectivity index (χ4v) is 3.00. The van der Waals surface area contributed by atoms with Gasteiger partial charge in [-0.3, -0.25) is 4.68 Å². The number of nitrogens with one attached hydrogen (secondary N) is 1. The second-order valence-corrected chi connectivity index (χ2v) is 7.03. The molecule has 0 unspecified atom stereocenters. The molecule has 0 spiro atoms. The molecule has 0 aliphatic rings. The molecule has 23 heavy (non-hydrogen) atoms. The van der Waals surface area contributed by atoms with Crippen molar-refractivity contribution in [1.29, 1.82) is 0 Å². The van der Waals surface area contributed by atoms with Crippen LogP contribution in [0.15, 0.2) is 24.3 Å². The van der Waals surface area contributed by atoms with E-state index in [1.165, 1.54) is 11.1 Å². The van der Waals surface area contributed by atoms with Crippen LogP contribution in [0, 0.1) is 13.8 Å². The predicted molar refractivity (Wildman–Crippen MR) is 95.0 cm³/mol. The summed E-state index contributed by atoms with van der Waals surface area (Å²) < 4.78 is 1.87. The van der Waals surface area contributed by atoms with Crippen LogP contribution < -0.4 is 5.32 Å². The normalized spacial score (nSPS) is 11.9. The van der Waals surface area contributed by atoms with Crippen molar-refractivity contribution in [1.82, 2.24) is 15.1 Å². The molecule has 0 aliphatic heterocycles. The zero-order chi connectivity index (χ0) is 17.0. The van der Waals surface area contributed by atoms with Gasteiger partial charge in [0, 0.05) is 34.8 Å². The molecule has 0 fully saturated rings. The van der Waals surface area contributed by atoms with Crippen molar-refractivity contribution in [3.8, 4) is 0 Å². The molecule has 2 aromatic rings. The van der Waals surface area contributed by atoms with Gasteiger partial charge in [0.25, 0.3) is 0 Å². The van der Waals surface area contributed by atoms with E-state index in [-0.39, 0.29) is 12.0 Å². The number of aliphatic hydroxyl groups is 1. The van der Waals surface area contributed by atoms with Crippen LogP contribution in [0.3, 0.4) is 0 Å². The molecule has 1 aromatic carbocycles. The highest BCUT2D eigenvalue weighted by Crippen LogP contribution is 2.25. The molecule has 126 valence electrons. The molecular weight excluding hydrogens is 310 g/mol. The highest BCUT2D eigenvalue weighted by molar-refractivity contribution is 6.30. The fraction of sp³-hybridized carbons (Fsp3) is 0.500. The van der Waals surface area contributed by atoms with Crippen molar-refractivity contribution in [2.45, 2.75) is 46.2 Å². The summed E-state index contributed by atoms with van der Waals surface area (Å²) in [7, 11) is 0. The summed E-state index contributed by atoms with van der Waals surface area (Å²) >= 11 is 6.10. The quantitative estimate of drug-likeness (QED) is 0.817. The minimum Gasteiger partial charge on any atom is -0.394 e. The van der Waals surface area contributed by atoms with Crippen molar-refractivity contribution < 1.29 is 5.11 Å². The van der Waals surface area contributed by atoms with E-state index in [4.69, 9.17) is 16.7 Å². The number of benzene rings is 1. The summed E-state index contributed by atoms with van der Waals surface area (Å²) in [4.78, 5) is 0. The Morgan fingerprint density at radius 3 is 2.70 bits per heavy atom. The lowest BCUT2D eigenvalue weighted by molar-refractivity contribution is 0.267. The van der Waals surface area contributed by atoms with Crippen LogP contribution >= 0.6 is 11.6 Å².